The van der Waals surface area contributed by atoms with Crippen LogP contribution in [-0.2, 0) is 19.4 Å². The molecule has 4 heteroatoms. The maximum Gasteiger partial charge on any atom is 0.134 e. The molecule has 20 heavy (non-hydrogen) atoms. The van der Waals surface area contributed by atoms with Crippen molar-refractivity contribution in [2.45, 2.75) is 39.7 Å². The molecule has 3 nitrogen and oxygen atoms in total. The Morgan fingerprint density at radius 1 is 1.05 bits per heavy atom. The largest absolute Gasteiger partial charge is 0.366 e. The topological polar surface area (TPSA) is 37.8 Å². The van der Waals surface area contributed by atoms with Crippen molar-refractivity contribution < 1.29 is 0 Å². The van der Waals surface area contributed by atoms with E-state index in [4.69, 9.17) is 11.6 Å². The van der Waals surface area contributed by atoms with Gasteiger partial charge in [-0.2, -0.15) is 0 Å². The summed E-state index contributed by atoms with van der Waals surface area (Å²) < 4.78 is 0. The minimum absolute atomic E-state index is 0.493. The van der Waals surface area contributed by atoms with E-state index < -0.39 is 0 Å². The summed E-state index contributed by atoms with van der Waals surface area (Å²) in [6.07, 6.45) is 2.92. The van der Waals surface area contributed by atoms with E-state index in [1.807, 2.05) is 0 Å². The standard InChI is InChI=1S/C16H20ClN3/c1-3-5-15-19-14(17)10-16(20-15)18-11-13-8-6-12(4-2)7-9-13/h6-10H,3-5,11H2,1-2H3,(H,18,19,20). The second kappa shape index (κ2) is 7.25. The lowest BCUT2D eigenvalue weighted by atomic mass is 10.1. The van der Waals surface area contributed by atoms with Crippen LogP contribution in [0.15, 0.2) is 30.3 Å². The third-order valence-corrected chi connectivity index (χ3v) is 3.31. The lowest BCUT2D eigenvalue weighted by Crippen LogP contribution is -2.04. The van der Waals surface area contributed by atoms with Crippen molar-refractivity contribution in [2.75, 3.05) is 5.32 Å². The highest BCUT2D eigenvalue weighted by Gasteiger charge is 2.03. The molecule has 0 aliphatic carbocycles. The van der Waals surface area contributed by atoms with E-state index in [1.165, 1.54) is 11.1 Å². The minimum atomic E-state index is 0.493. The Morgan fingerprint density at radius 3 is 2.40 bits per heavy atom. The lowest BCUT2D eigenvalue weighted by Gasteiger charge is -2.08. The molecule has 1 heterocycles. The second-order valence-electron chi connectivity index (χ2n) is 4.77. The van der Waals surface area contributed by atoms with Gasteiger partial charge < -0.3 is 5.32 Å². The molecule has 0 bridgehead atoms. The van der Waals surface area contributed by atoms with Gasteiger partial charge in [-0.25, -0.2) is 9.97 Å². The van der Waals surface area contributed by atoms with Gasteiger partial charge in [-0.15, -0.1) is 0 Å². The normalized spacial score (nSPS) is 10.6. The van der Waals surface area contributed by atoms with Crippen LogP contribution >= 0.6 is 11.6 Å². The summed E-state index contributed by atoms with van der Waals surface area (Å²) in [5.41, 5.74) is 2.58. The predicted octanol–water partition coefficient (Wildman–Crippen LogP) is 4.26. The maximum absolute atomic E-state index is 6.02. The monoisotopic (exact) mass is 289 g/mol. The van der Waals surface area contributed by atoms with E-state index in [2.05, 4.69) is 53.4 Å². The molecule has 0 amide bonds. The van der Waals surface area contributed by atoms with Crippen molar-refractivity contribution in [1.29, 1.82) is 0 Å². The van der Waals surface area contributed by atoms with Crippen LogP contribution in [0.1, 0.15) is 37.2 Å². The summed E-state index contributed by atoms with van der Waals surface area (Å²) >= 11 is 6.02. The van der Waals surface area contributed by atoms with Gasteiger partial charge in [-0.1, -0.05) is 49.7 Å². The number of rotatable bonds is 6. The fraction of sp³-hybridized carbons (Fsp3) is 0.375. The Balaban J connectivity index is 2.02. The molecule has 0 saturated carbocycles. The molecule has 0 aliphatic heterocycles. The van der Waals surface area contributed by atoms with E-state index in [9.17, 15) is 0 Å². The summed E-state index contributed by atoms with van der Waals surface area (Å²) in [6, 6.07) is 10.4. The molecule has 0 radical (unpaired) electrons. The van der Waals surface area contributed by atoms with E-state index >= 15 is 0 Å². The van der Waals surface area contributed by atoms with Crippen LogP contribution in [0, 0.1) is 0 Å². The van der Waals surface area contributed by atoms with Crippen molar-refractivity contribution in [3.05, 3.63) is 52.4 Å². The van der Waals surface area contributed by atoms with Gasteiger partial charge in [0.15, 0.2) is 0 Å². The number of benzene rings is 1. The molecule has 1 N–H and O–H groups in total. The first-order valence-corrected chi connectivity index (χ1v) is 7.44. The van der Waals surface area contributed by atoms with E-state index in [0.717, 1.165) is 37.4 Å². The van der Waals surface area contributed by atoms with Gasteiger partial charge in [0.25, 0.3) is 0 Å². The van der Waals surface area contributed by atoms with Crippen molar-refractivity contribution in [3.8, 4) is 0 Å². The van der Waals surface area contributed by atoms with Crippen molar-refractivity contribution in [3.63, 3.8) is 0 Å². The summed E-state index contributed by atoms with van der Waals surface area (Å²) in [5, 5.41) is 3.80. The smallest absolute Gasteiger partial charge is 0.134 e. The molecule has 106 valence electrons. The van der Waals surface area contributed by atoms with Gasteiger partial charge in [-0.05, 0) is 24.0 Å². The predicted molar refractivity (Wildman–Crippen MR) is 84.2 cm³/mol. The van der Waals surface area contributed by atoms with Gasteiger partial charge in [0, 0.05) is 19.0 Å². The number of hydrogen-bond acceptors (Lipinski definition) is 3. The van der Waals surface area contributed by atoms with Crippen LogP contribution in [0.5, 0.6) is 0 Å². The van der Waals surface area contributed by atoms with Gasteiger partial charge in [0.2, 0.25) is 0 Å². The van der Waals surface area contributed by atoms with Crippen LogP contribution in [0.25, 0.3) is 0 Å². The first-order chi connectivity index (χ1) is 9.71. The number of anilines is 1. The van der Waals surface area contributed by atoms with Gasteiger partial charge >= 0.3 is 0 Å². The Morgan fingerprint density at radius 2 is 1.75 bits per heavy atom. The zero-order valence-corrected chi connectivity index (χ0v) is 12.7. The molecular formula is C16H20ClN3. The molecule has 2 rings (SSSR count). The molecule has 1 aromatic carbocycles. The fourth-order valence-corrected chi connectivity index (χ4v) is 2.18. The highest BCUT2D eigenvalue weighted by atomic mass is 35.5. The van der Waals surface area contributed by atoms with E-state index in [0.29, 0.717) is 5.15 Å². The third-order valence-electron chi connectivity index (χ3n) is 3.12. The van der Waals surface area contributed by atoms with Crippen molar-refractivity contribution >= 4 is 17.4 Å². The lowest BCUT2D eigenvalue weighted by molar-refractivity contribution is 0.834. The summed E-state index contributed by atoms with van der Waals surface area (Å²) in [5.74, 6) is 1.58. The van der Waals surface area contributed by atoms with Crippen molar-refractivity contribution in [1.82, 2.24) is 9.97 Å². The van der Waals surface area contributed by atoms with Gasteiger partial charge in [0.05, 0.1) is 0 Å². The highest BCUT2D eigenvalue weighted by Crippen LogP contribution is 2.14. The minimum Gasteiger partial charge on any atom is -0.366 e. The summed E-state index contributed by atoms with van der Waals surface area (Å²) in [7, 11) is 0. The van der Waals surface area contributed by atoms with Crippen molar-refractivity contribution in [2.24, 2.45) is 0 Å². The zero-order chi connectivity index (χ0) is 14.4. The number of nitrogens with one attached hydrogen (secondary N) is 1. The molecule has 2 aromatic rings. The average Bonchev–Trinajstić information content (AvgIpc) is 2.45. The van der Waals surface area contributed by atoms with Crippen LogP contribution < -0.4 is 5.32 Å². The quantitative estimate of drug-likeness (QED) is 0.808. The van der Waals surface area contributed by atoms with E-state index in [1.54, 1.807) is 6.07 Å². The van der Waals surface area contributed by atoms with E-state index in [-0.39, 0.29) is 0 Å². The van der Waals surface area contributed by atoms with Crippen LogP contribution in [-0.4, -0.2) is 9.97 Å². The molecule has 1 aromatic heterocycles. The Hall–Kier alpha value is -1.61. The fourth-order valence-electron chi connectivity index (χ4n) is 1.98. The molecule has 0 atom stereocenters. The zero-order valence-electron chi connectivity index (χ0n) is 12.0. The SMILES string of the molecule is CCCc1nc(Cl)cc(NCc2ccc(CC)cc2)n1. The van der Waals surface area contributed by atoms with Gasteiger partial charge in [-0.3, -0.25) is 0 Å². The summed E-state index contributed by atoms with van der Waals surface area (Å²) in [4.78, 5) is 8.68. The Labute approximate surface area is 125 Å². The van der Waals surface area contributed by atoms with Gasteiger partial charge in [0.1, 0.15) is 16.8 Å². The molecule has 0 fully saturated rings. The van der Waals surface area contributed by atoms with Crippen LogP contribution in [0.2, 0.25) is 5.15 Å². The second-order valence-corrected chi connectivity index (χ2v) is 5.15. The maximum atomic E-state index is 6.02. The summed E-state index contributed by atoms with van der Waals surface area (Å²) in [6.45, 7) is 5.00. The Kier molecular flexibility index (Phi) is 5.36. The number of nitrogens with zero attached hydrogens (tertiary/aromatic N) is 2. The molecule has 0 unspecified atom stereocenters. The molecule has 0 saturated heterocycles. The first kappa shape index (κ1) is 14.8. The Bertz CT molecular complexity index is 552. The number of aryl methyl sites for hydroxylation is 2. The molecular weight excluding hydrogens is 270 g/mol. The molecule has 0 spiro atoms. The third kappa shape index (κ3) is 4.20. The number of aromatic nitrogens is 2. The number of hydrogen-bond donors (Lipinski definition) is 1. The first-order valence-electron chi connectivity index (χ1n) is 7.06. The van der Waals surface area contributed by atoms with Crippen LogP contribution in [0.3, 0.4) is 0 Å². The highest BCUT2D eigenvalue weighted by molar-refractivity contribution is 6.29. The molecule has 0 aliphatic rings. The average molecular weight is 290 g/mol. The van der Waals surface area contributed by atoms with Crippen LogP contribution in [0.4, 0.5) is 5.82 Å². The number of halogens is 1.